The summed E-state index contributed by atoms with van der Waals surface area (Å²) in [5, 5.41) is 3.33. The Morgan fingerprint density at radius 1 is 1.20 bits per heavy atom. The summed E-state index contributed by atoms with van der Waals surface area (Å²) in [5.74, 6) is 0.430. The number of rotatable bonds is 8. The van der Waals surface area contributed by atoms with E-state index in [1.807, 2.05) is 13.8 Å². The quantitative estimate of drug-likeness (QED) is 0.605. The highest BCUT2D eigenvalue weighted by Crippen LogP contribution is 2.08. The molecule has 15 heavy (non-hydrogen) atoms. The SMILES string of the molecule is CC(C)N[C@H](CCCCN)C(=O)C(C)C. The highest BCUT2D eigenvalue weighted by molar-refractivity contribution is 5.85. The first-order valence-corrected chi connectivity index (χ1v) is 5.98. The third-order valence-electron chi connectivity index (χ3n) is 2.39. The van der Waals surface area contributed by atoms with E-state index in [1.54, 1.807) is 0 Å². The Balaban J connectivity index is 4.11. The van der Waals surface area contributed by atoms with Crippen LogP contribution >= 0.6 is 0 Å². The van der Waals surface area contributed by atoms with Crippen molar-refractivity contribution in [3.63, 3.8) is 0 Å². The van der Waals surface area contributed by atoms with Gasteiger partial charge in [-0.05, 0) is 19.4 Å². The molecular formula is C12H26N2O. The molecule has 0 aliphatic carbocycles. The van der Waals surface area contributed by atoms with Crippen LogP contribution in [0.5, 0.6) is 0 Å². The molecule has 0 aliphatic rings. The molecule has 3 N–H and O–H groups in total. The molecule has 3 heteroatoms. The summed E-state index contributed by atoms with van der Waals surface area (Å²) >= 11 is 0. The van der Waals surface area contributed by atoms with E-state index in [4.69, 9.17) is 5.73 Å². The Bertz CT molecular complexity index is 178. The van der Waals surface area contributed by atoms with Gasteiger partial charge < -0.3 is 11.1 Å². The molecule has 0 bridgehead atoms. The first kappa shape index (κ1) is 14.6. The lowest BCUT2D eigenvalue weighted by Crippen LogP contribution is -2.42. The van der Waals surface area contributed by atoms with Crippen LogP contribution < -0.4 is 11.1 Å². The second-order valence-corrected chi connectivity index (χ2v) is 4.72. The molecule has 0 aromatic rings. The maximum Gasteiger partial charge on any atom is 0.152 e. The van der Waals surface area contributed by atoms with E-state index in [1.165, 1.54) is 0 Å². The van der Waals surface area contributed by atoms with Crippen LogP contribution in [0.2, 0.25) is 0 Å². The van der Waals surface area contributed by atoms with Crippen molar-refractivity contribution in [1.29, 1.82) is 0 Å². The van der Waals surface area contributed by atoms with E-state index in [9.17, 15) is 4.79 Å². The molecule has 0 saturated carbocycles. The molecule has 3 nitrogen and oxygen atoms in total. The number of carbonyl (C=O) groups is 1. The van der Waals surface area contributed by atoms with Gasteiger partial charge in [0.1, 0.15) is 0 Å². The third-order valence-corrected chi connectivity index (χ3v) is 2.39. The Kier molecular flexibility index (Phi) is 7.61. The van der Waals surface area contributed by atoms with Gasteiger partial charge in [-0.25, -0.2) is 0 Å². The molecule has 0 aliphatic heterocycles. The summed E-state index contributed by atoms with van der Waals surface area (Å²) in [6.45, 7) is 8.78. The summed E-state index contributed by atoms with van der Waals surface area (Å²) in [6.07, 6.45) is 2.94. The molecule has 0 heterocycles. The van der Waals surface area contributed by atoms with E-state index in [0.29, 0.717) is 18.4 Å². The molecule has 0 saturated heterocycles. The first-order chi connectivity index (χ1) is 6.99. The van der Waals surface area contributed by atoms with Gasteiger partial charge >= 0.3 is 0 Å². The van der Waals surface area contributed by atoms with Crippen molar-refractivity contribution >= 4 is 5.78 Å². The third kappa shape index (κ3) is 6.63. The molecule has 0 aromatic heterocycles. The predicted octanol–water partition coefficient (Wildman–Crippen LogP) is 1.71. The smallest absolute Gasteiger partial charge is 0.152 e. The number of ketones is 1. The number of carbonyl (C=O) groups excluding carboxylic acids is 1. The molecule has 0 radical (unpaired) electrons. The standard InChI is InChI=1S/C12H26N2O/c1-9(2)12(15)11(14-10(3)4)7-5-6-8-13/h9-11,14H,5-8,13H2,1-4H3/t11-/m1/s1. The minimum absolute atomic E-state index is 0.0107. The van der Waals surface area contributed by atoms with E-state index < -0.39 is 0 Å². The molecular weight excluding hydrogens is 188 g/mol. The number of hydrogen-bond acceptors (Lipinski definition) is 3. The lowest BCUT2D eigenvalue weighted by molar-refractivity contribution is -0.124. The zero-order chi connectivity index (χ0) is 11.8. The summed E-state index contributed by atoms with van der Waals surface area (Å²) in [4.78, 5) is 11.9. The van der Waals surface area contributed by atoms with Gasteiger partial charge in [0.15, 0.2) is 5.78 Å². The largest absolute Gasteiger partial charge is 0.330 e. The molecule has 0 unspecified atom stereocenters. The van der Waals surface area contributed by atoms with Crippen molar-refractivity contribution in [3.05, 3.63) is 0 Å². The fraction of sp³-hybridized carbons (Fsp3) is 0.917. The van der Waals surface area contributed by atoms with Gasteiger partial charge in [-0.1, -0.05) is 34.1 Å². The fourth-order valence-electron chi connectivity index (χ4n) is 1.61. The maximum absolute atomic E-state index is 11.9. The Hall–Kier alpha value is -0.410. The van der Waals surface area contributed by atoms with Crippen molar-refractivity contribution < 1.29 is 4.79 Å². The summed E-state index contributed by atoms with van der Waals surface area (Å²) in [6, 6.07) is 0.368. The van der Waals surface area contributed by atoms with Gasteiger partial charge in [-0.3, -0.25) is 4.79 Å². The molecule has 1 atom stereocenters. The van der Waals surface area contributed by atoms with E-state index >= 15 is 0 Å². The van der Waals surface area contributed by atoms with Gasteiger partial charge in [-0.2, -0.15) is 0 Å². The van der Waals surface area contributed by atoms with Crippen LogP contribution in [-0.2, 0) is 4.79 Å². The molecule has 0 rings (SSSR count). The number of nitrogens with one attached hydrogen (secondary N) is 1. The van der Waals surface area contributed by atoms with Gasteiger partial charge in [0.25, 0.3) is 0 Å². The minimum atomic E-state index is 0.0107. The van der Waals surface area contributed by atoms with Crippen molar-refractivity contribution in [1.82, 2.24) is 5.32 Å². The summed E-state index contributed by atoms with van der Waals surface area (Å²) in [7, 11) is 0. The second-order valence-electron chi connectivity index (χ2n) is 4.72. The molecule has 0 amide bonds. The monoisotopic (exact) mass is 214 g/mol. The molecule has 90 valence electrons. The Morgan fingerprint density at radius 2 is 1.80 bits per heavy atom. The maximum atomic E-state index is 11.9. The van der Waals surface area contributed by atoms with Crippen molar-refractivity contribution in [3.8, 4) is 0 Å². The van der Waals surface area contributed by atoms with Crippen molar-refractivity contribution in [2.24, 2.45) is 11.7 Å². The normalized spacial score (nSPS) is 13.5. The van der Waals surface area contributed by atoms with Crippen LogP contribution in [0.25, 0.3) is 0 Å². The fourth-order valence-corrected chi connectivity index (χ4v) is 1.61. The lowest BCUT2D eigenvalue weighted by Gasteiger charge is -2.21. The average molecular weight is 214 g/mol. The summed E-state index contributed by atoms with van der Waals surface area (Å²) in [5.41, 5.74) is 5.45. The lowest BCUT2D eigenvalue weighted by atomic mass is 9.96. The Morgan fingerprint density at radius 3 is 2.20 bits per heavy atom. The van der Waals surface area contributed by atoms with Crippen molar-refractivity contribution in [2.75, 3.05) is 6.54 Å². The highest BCUT2D eigenvalue weighted by atomic mass is 16.1. The molecule has 0 spiro atoms. The molecule has 0 aromatic carbocycles. The number of Topliss-reactive ketones (excluding diaryl/α,β-unsaturated/α-hetero) is 1. The first-order valence-electron chi connectivity index (χ1n) is 5.98. The Labute approximate surface area is 93.8 Å². The topological polar surface area (TPSA) is 55.1 Å². The van der Waals surface area contributed by atoms with Crippen LogP contribution in [0.3, 0.4) is 0 Å². The number of hydrogen-bond donors (Lipinski definition) is 2. The van der Waals surface area contributed by atoms with Crippen LogP contribution in [0.1, 0.15) is 47.0 Å². The van der Waals surface area contributed by atoms with E-state index in [0.717, 1.165) is 19.3 Å². The van der Waals surface area contributed by atoms with Crippen LogP contribution in [0.15, 0.2) is 0 Å². The van der Waals surface area contributed by atoms with Gasteiger partial charge in [0.05, 0.1) is 6.04 Å². The predicted molar refractivity (Wildman–Crippen MR) is 64.8 cm³/mol. The van der Waals surface area contributed by atoms with Gasteiger partial charge in [0, 0.05) is 12.0 Å². The average Bonchev–Trinajstić information content (AvgIpc) is 2.14. The van der Waals surface area contributed by atoms with E-state index in [-0.39, 0.29) is 12.0 Å². The van der Waals surface area contributed by atoms with Crippen LogP contribution in [0, 0.1) is 5.92 Å². The second kappa shape index (κ2) is 7.83. The van der Waals surface area contributed by atoms with E-state index in [2.05, 4.69) is 19.2 Å². The zero-order valence-electron chi connectivity index (χ0n) is 10.5. The van der Waals surface area contributed by atoms with Crippen molar-refractivity contribution in [2.45, 2.75) is 59.0 Å². The van der Waals surface area contributed by atoms with Crippen LogP contribution in [-0.4, -0.2) is 24.4 Å². The zero-order valence-corrected chi connectivity index (χ0v) is 10.5. The molecule has 0 fully saturated rings. The van der Waals surface area contributed by atoms with Gasteiger partial charge in [0.2, 0.25) is 0 Å². The number of unbranched alkanes of at least 4 members (excludes halogenated alkanes) is 1. The van der Waals surface area contributed by atoms with Crippen LogP contribution in [0.4, 0.5) is 0 Å². The number of nitrogens with two attached hydrogens (primary N) is 1. The summed E-state index contributed by atoms with van der Waals surface area (Å²) < 4.78 is 0. The highest BCUT2D eigenvalue weighted by Gasteiger charge is 2.20. The van der Waals surface area contributed by atoms with Gasteiger partial charge in [-0.15, -0.1) is 0 Å². The minimum Gasteiger partial charge on any atom is -0.330 e.